The van der Waals surface area contributed by atoms with Crippen molar-refractivity contribution in [1.82, 2.24) is 28.7 Å². The lowest BCUT2D eigenvalue weighted by Crippen LogP contribution is -2.32. The highest BCUT2D eigenvalue weighted by Gasteiger charge is 2.52. The van der Waals surface area contributed by atoms with Crippen molar-refractivity contribution >= 4 is 65.4 Å². The van der Waals surface area contributed by atoms with Crippen LogP contribution in [0.2, 0.25) is 0 Å². The molecule has 0 saturated heterocycles. The van der Waals surface area contributed by atoms with E-state index < -0.39 is 5.41 Å². The molecular weight excluding hydrogens is 869 g/mol. The zero-order chi connectivity index (χ0) is 46.4. The fourth-order valence-corrected chi connectivity index (χ4v) is 12.4. The minimum atomic E-state index is -0.747. The lowest BCUT2D eigenvalue weighted by Gasteiger charge is -2.39. The summed E-state index contributed by atoms with van der Waals surface area (Å²) >= 11 is 0. The highest BCUT2D eigenvalue weighted by molar-refractivity contribution is 6.12. The molecule has 0 N–H and O–H groups in total. The summed E-state index contributed by atoms with van der Waals surface area (Å²) < 4.78 is 14.1. The first-order valence-corrected chi connectivity index (χ1v) is 24.1. The Morgan fingerprint density at radius 1 is 0.324 bits per heavy atom. The lowest BCUT2D eigenvalue weighted by molar-refractivity contribution is 0.436. The lowest BCUT2D eigenvalue weighted by atomic mass is 9.66. The Balaban J connectivity index is 0.855. The third-order valence-electron chi connectivity index (χ3n) is 15.3. The van der Waals surface area contributed by atoms with Crippen LogP contribution in [0, 0.1) is 0 Å². The van der Waals surface area contributed by atoms with Gasteiger partial charge >= 0.3 is 0 Å². The van der Waals surface area contributed by atoms with Gasteiger partial charge in [0.2, 0.25) is 0 Å². The summed E-state index contributed by atoms with van der Waals surface area (Å²) in [6, 6.07) is 76.2. The largest absolute Gasteiger partial charge is 0.457 e. The van der Waals surface area contributed by atoms with E-state index in [2.05, 4.69) is 214 Å². The molecule has 0 radical (unpaired) electrons. The van der Waals surface area contributed by atoms with Gasteiger partial charge < -0.3 is 13.9 Å². The topological polar surface area (TPSA) is 62.7 Å². The quantitative estimate of drug-likeness (QED) is 0.176. The predicted molar refractivity (Wildman–Crippen MR) is 286 cm³/mol. The number of ether oxygens (including phenoxy) is 1. The van der Waals surface area contributed by atoms with Crippen molar-refractivity contribution in [2.45, 2.75) is 5.41 Å². The first-order chi connectivity index (χ1) is 35.2. The Bertz CT molecular complexity index is 4420. The van der Waals surface area contributed by atoms with Crippen LogP contribution in [0.15, 0.2) is 231 Å². The number of pyridine rings is 3. The van der Waals surface area contributed by atoms with E-state index in [9.17, 15) is 0 Å². The molecule has 71 heavy (non-hydrogen) atoms. The number of para-hydroxylation sites is 5. The maximum absolute atomic E-state index is 7.14. The summed E-state index contributed by atoms with van der Waals surface area (Å²) in [5.74, 6) is 2.48. The summed E-state index contributed by atoms with van der Waals surface area (Å²) in [6.07, 6.45) is 5.75. The van der Waals surface area contributed by atoms with Gasteiger partial charge in [0, 0.05) is 67.6 Å². The highest BCUT2D eigenvalue weighted by Crippen LogP contribution is 2.62. The minimum Gasteiger partial charge on any atom is -0.457 e. The van der Waals surface area contributed by atoms with Gasteiger partial charge in [0.15, 0.2) is 0 Å². The van der Waals surface area contributed by atoms with E-state index in [0.717, 1.165) is 112 Å². The second kappa shape index (κ2) is 14.2. The van der Waals surface area contributed by atoms with Gasteiger partial charge in [-0.25, -0.2) is 4.98 Å². The fourth-order valence-electron chi connectivity index (χ4n) is 12.4. The number of hydrogen-bond donors (Lipinski definition) is 0. The van der Waals surface area contributed by atoms with E-state index in [4.69, 9.17) is 19.7 Å². The number of aromatic nitrogens is 6. The Kier molecular flexibility index (Phi) is 7.69. The van der Waals surface area contributed by atoms with E-state index in [-0.39, 0.29) is 0 Å². The van der Waals surface area contributed by atoms with Crippen molar-refractivity contribution < 1.29 is 4.74 Å². The summed E-state index contributed by atoms with van der Waals surface area (Å²) in [6.45, 7) is 0. The van der Waals surface area contributed by atoms with Gasteiger partial charge in [-0.3, -0.25) is 14.5 Å². The van der Waals surface area contributed by atoms with E-state index in [0.29, 0.717) is 0 Å². The van der Waals surface area contributed by atoms with Gasteiger partial charge in [-0.1, -0.05) is 121 Å². The first kappa shape index (κ1) is 38.4. The molecule has 0 fully saturated rings. The second-order valence-corrected chi connectivity index (χ2v) is 18.7. The molecule has 1 aliphatic carbocycles. The molecule has 7 heterocycles. The number of hydrogen-bond acceptors (Lipinski definition) is 4. The number of rotatable bonds is 4. The Morgan fingerprint density at radius 3 is 1.39 bits per heavy atom. The van der Waals surface area contributed by atoms with Crippen LogP contribution in [0.1, 0.15) is 22.3 Å². The van der Waals surface area contributed by atoms with E-state index in [1.165, 1.54) is 26.9 Å². The summed E-state index contributed by atoms with van der Waals surface area (Å²) in [5, 5.41) is 7.22. The normalized spacial score (nSPS) is 13.3. The Hall–Kier alpha value is -9.59. The SMILES string of the molecule is c1cnc2c(c1)C1(c3ccc(-n4c5ccccc5c5ccccc54)cc3Oc3ccc(-c4ccc5c(c4)c4ccccc4n5-c4ccc(-n5c6ccccc6c6ccccc65)cn4)cc31)c1cccnc1-2. The number of nitrogens with zero attached hydrogens (tertiary/aromatic N) is 6. The average molecular weight is 907 g/mol. The molecule has 7 heteroatoms. The molecule has 14 aromatic rings. The first-order valence-electron chi connectivity index (χ1n) is 24.1. The summed E-state index contributed by atoms with van der Waals surface area (Å²) in [4.78, 5) is 15.2. The van der Waals surface area contributed by atoms with Crippen molar-refractivity contribution in [1.29, 1.82) is 0 Å². The highest BCUT2D eigenvalue weighted by atomic mass is 16.5. The van der Waals surface area contributed by atoms with Crippen molar-refractivity contribution in [2.75, 3.05) is 0 Å². The maximum Gasteiger partial charge on any atom is 0.137 e. The van der Waals surface area contributed by atoms with Crippen LogP contribution >= 0.6 is 0 Å². The van der Waals surface area contributed by atoms with Crippen LogP contribution in [0.5, 0.6) is 11.5 Å². The molecule has 16 rings (SSSR count). The molecule has 0 atom stereocenters. The molecule has 0 amide bonds. The Labute approximate surface area is 406 Å². The smallest absolute Gasteiger partial charge is 0.137 e. The van der Waals surface area contributed by atoms with Gasteiger partial charge in [0.1, 0.15) is 17.3 Å². The van der Waals surface area contributed by atoms with Crippen LogP contribution in [0.25, 0.3) is 105 Å². The minimum absolute atomic E-state index is 0.747. The molecule has 330 valence electrons. The molecule has 0 unspecified atom stereocenters. The Morgan fingerprint density at radius 2 is 0.817 bits per heavy atom. The zero-order valence-corrected chi connectivity index (χ0v) is 38.0. The molecule has 2 aliphatic rings. The summed E-state index contributed by atoms with van der Waals surface area (Å²) in [5.41, 5.74) is 16.4. The van der Waals surface area contributed by atoms with E-state index in [1.54, 1.807) is 0 Å². The average Bonchev–Trinajstić information content (AvgIpc) is 4.15. The monoisotopic (exact) mass is 906 g/mol. The molecule has 0 saturated carbocycles. The van der Waals surface area contributed by atoms with Crippen molar-refractivity contribution in [3.8, 4) is 51.2 Å². The second-order valence-electron chi connectivity index (χ2n) is 18.7. The summed E-state index contributed by atoms with van der Waals surface area (Å²) in [7, 11) is 0. The maximum atomic E-state index is 7.14. The van der Waals surface area contributed by atoms with Gasteiger partial charge in [-0.05, 0) is 107 Å². The van der Waals surface area contributed by atoms with Gasteiger partial charge in [0.05, 0.1) is 61.8 Å². The van der Waals surface area contributed by atoms with Gasteiger partial charge in [-0.2, -0.15) is 0 Å². The van der Waals surface area contributed by atoms with Crippen molar-refractivity contribution in [3.63, 3.8) is 0 Å². The molecule has 8 aromatic carbocycles. The van der Waals surface area contributed by atoms with Crippen LogP contribution in [-0.2, 0) is 5.41 Å². The molecule has 7 nitrogen and oxygen atoms in total. The number of fused-ring (bicyclic) bond motifs is 18. The standard InChI is InChI=1S/C64H38N6O/c1-6-20-53-43(13-1)44-14-2-7-21-54(44)68(53)41-27-29-49-60(37-41)71-59-31-26-40(36-52(59)64(49)50-18-11-33-65-62(50)63-51(64)19-12-34-66-63)39-25-30-58-48(35-39)47-17-5-10-24-57(47)70(58)61-32-28-42(38-67-61)69-55-22-8-3-15-45(55)46-16-4-9-23-56(46)69/h1-38H. The van der Waals surface area contributed by atoms with E-state index >= 15 is 0 Å². The van der Waals surface area contributed by atoms with Crippen LogP contribution < -0.4 is 4.74 Å². The molecular formula is C64H38N6O. The van der Waals surface area contributed by atoms with Crippen molar-refractivity contribution in [2.24, 2.45) is 0 Å². The molecule has 0 bridgehead atoms. The predicted octanol–water partition coefficient (Wildman–Crippen LogP) is 15.3. The van der Waals surface area contributed by atoms with Crippen LogP contribution in [0.4, 0.5) is 0 Å². The fraction of sp³-hybridized carbons (Fsp3) is 0.0156. The number of benzene rings is 8. The molecule has 6 aromatic heterocycles. The van der Waals surface area contributed by atoms with Crippen molar-refractivity contribution in [3.05, 3.63) is 253 Å². The zero-order valence-electron chi connectivity index (χ0n) is 38.0. The van der Waals surface area contributed by atoms with Crippen LogP contribution in [-0.4, -0.2) is 28.7 Å². The van der Waals surface area contributed by atoms with E-state index in [1.807, 2.05) is 30.7 Å². The van der Waals surface area contributed by atoms with Gasteiger partial charge in [-0.15, -0.1) is 0 Å². The van der Waals surface area contributed by atoms with Crippen LogP contribution in [0.3, 0.4) is 0 Å². The van der Waals surface area contributed by atoms with Gasteiger partial charge in [0.25, 0.3) is 0 Å². The third kappa shape index (κ3) is 5.13. The third-order valence-corrected chi connectivity index (χ3v) is 15.3. The molecule has 1 aliphatic heterocycles. The molecule has 1 spiro atoms.